The molecular weight excluding hydrogens is 385 g/mol. The minimum atomic E-state index is -0.718. The molecule has 0 aliphatic heterocycles. The van der Waals surface area contributed by atoms with E-state index in [0.717, 1.165) is 0 Å². The summed E-state index contributed by atoms with van der Waals surface area (Å²) in [6.07, 6.45) is 0. The van der Waals surface area contributed by atoms with Gasteiger partial charge in [0.05, 0.1) is 12.0 Å². The number of nitro groups is 1. The normalized spacial score (nSPS) is 11.0. The number of carbonyl (C=O) groups excluding carboxylic acids is 1. The molecule has 8 nitrogen and oxygen atoms in total. The number of aliphatic imine (C=N–C) groups is 1. The SMILES string of the molecule is CNC(=O)N=C(OC)c1cc(Oc2cc(Cl)cc(Cl)c2)ccc1[N+](=O)[O-]. The average molecular weight is 398 g/mol. The summed E-state index contributed by atoms with van der Waals surface area (Å²) >= 11 is 11.8. The molecule has 0 aliphatic carbocycles. The lowest BCUT2D eigenvalue weighted by Gasteiger charge is -2.10. The van der Waals surface area contributed by atoms with Crippen molar-refractivity contribution in [2.24, 2.45) is 4.99 Å². The fourth-order valence-electron chi connectivity index (χ4n) is 2.00. The van der Waals surface area contributed by atoms with Crippen molar-refractivity contribution in [3.8, 4) is 11.5 Å². The molecule has 0 spiro atoms. The van der Waals surface area contributed by atoms with E-state index in [9.17, 15) is 14.9 Å². The fraction of sp³-hybridized carbons (Fsp3) is 0.125. The molecule has 2 aromatic rings. The van der Waals surface area contributed by atoms with E-state index in [1.165, 1.54) is 50.6 Å². The fourth-order valence-corrected chi connectivity index (χ4v) is 2.50. The van der Waals surface area contributed by atoms with Crippen LogP contribution in [0, 0.1) is 10.1 Å². The molecule has 0 heterocycles. The number of rotatable bonds is 4. The van der Waals surface area contributed by atoms with Gasteiger partial charge in [0.2, 0.25) is 5.90 Å². The first kappa shape index (κ1) is 19.5. The van der Waals surface area contributed by atoms with Crippen LogP contribution >= 0.6 is 23.2 Å². The number of halogens is 2. The quantitative estimate of drug-likeness (QED) is 0.355. The molecule has 2 rings (SSSR count). The van der Waals surface area contributed by atoms with E-state index in [1.54, 1.807) is 0 Å². The maximum Gasteiger partial charge on any atom is 0.343 e. The Kier molecular flexibility index (Phi) is 6.37. The smallest absolute Gasteiger partial charge is 0.343 e. The number of amides is 2. The van der Waals surface area contributed by atoms with Crippen LogP contribution in [0.2, 0.25) is 10.0 Å². The molecule has 0 aliphatic rings. The minimum Gasteiger partial charge on any atom is -0.480 e. The van der Waals surface area contributed by atoms with E-state index in [1.807, 2.05) is 0 Å². The van der Waals surface area contributed by atoms with Crippen LogP contribution in [0.15, 0.2) is 41.4 Å². The zero-order chi connectivity index (χ0) is 19.3. The third-order valence-electron chi connectivity index (χ3n) is 3.08. The van der Waals surface area contributed by atoms with Crippen molar-refractivity contribution in [1.29, 1.82) is 0 Å². The van der Waals surface area contributed by atoms with Gasteiger partial charge >= 0.3 is 6.03 Å². The van der Waals surface area contributed by atoms with Gasteiger partial charge < -0.3 is 14.8 Å². The molecule has 26 heavy (non-hydrogen) atoms. The number of carbonyl (C=O) groups is 1. The minimum absolute atomic E-state index is 0.0216. The first-order valence-corrected chi connectivity index (χ1v) is 7.86. The molecule has 0 saturated carbocycles. The van der Waals surface area contributed by atoms with E-state index < -0.39 is 11.0 Å². The van der Waals surface area contributed by atoms with Crippen molar-refractivity contribution in [3.05, 3.63) is 62.1 Å². The van der Waals surface area contributed by atoms with Crippen molar-refractivity contribution in [2.45, 2.75) is 0 Å². The van der Waals surface area contributed by atoms with E-state index in [-0.39, 0.29) is 22.9 Å². The number of ether oxygens (including phenoxy) is 2. The Morgan fingerprint density at radius 2 is 1.81 bits per heavy atom. The molecular formula is C16H13Cl2N3O5. The van der Waals surface area contributed by atoms with Crippen molar-refractivity contribution < 1.29 is 19.2 Å². The van der Waals surface area contributed by atoms with E-state index in [0.29, 0.717) is 15.8 Å². The molecule has 0 aromatic heterocycles. The second-order valence-electron chi connectivity index (χ2n) is 4.82. The Hall–Kier alpha value is -2.84. The number of methoxy groups -OCH3 is 1. The summed E-state index contributed by atoms with van der Waals surface area (Å²) < 4.78 is 10.7. The molecule has 136 valence electrons. The standard InChI is InChI=1S/C16H13Cl2N3O5/c1-19-16(22)20-15(25-2)13-8-11(3-4-14(13)21(23)24)26-12-6-9(17)5-10(18)7-12/h3-8H,1-2H3,(H,19,22). The Labute approximate surface area is 158 Å². The number of hydrogen-bond donors (Lipinski definition) is 1. The van der Waals surface area contributed by atoms with Gasteiger partial charge in [0.25, 0.3) is 5.69 Å². The lowest BCUT2D eigenvalue weighted by atomic mass is 10.1. The predicted molar refractivity (Wildman–Crippen MR) is 97.6 cm³/mol. The molecule has 0 unspecified atom stereocenters. The molecule has 0 atom stereocenters. The largest absolute Gasteiger partial charge is 0.480 e. The van der Waals surface area contributed by atoms with Gasteiger partial charge in [0, 0.05) is 29.2 Å². The van der Waals surface area contributed by atoms with Gasteiger partial charge in [-0.2, -0.15) is 4.99 Å². The third-order valence-corrected chi connectivity index (χ3v) is 3.51. The number of nitrogens with one attached hydrogen (secondary N) is 1. The highest BCUT2D eigenvalue weighted by atomic mass is 35.5. The summed E-state index contributed by atoms with van der Waals surface area (Å²) in [7, 11) is 2.62. The Bertz CT molecular complexity index is 866. The summed E-state index contributed by atoms with van der Waals surface area (Å²) in [4.78, 5) is 25.8. The number of nitrogens with zero attached hydrogens (tertiary/aromatic N) is 2. The zero-order valence-electron chi connectivity index (χ0n) is 13.7. The van der Waals surface area contributed by atoms with Crippen LogP contribution in [0.5, 0.6) is 11.5 Å². The van der Waals surface area contributed by atoms with Gasteiger partial charge in [-0.1, -0.05) is 23.2 Å². The summed E-state index contributed by atoms with van der Waals surface area (Å²) in [5, 5.41) is 14.3. The van der Waals surface area contributed by atoms with E-state index >= 15 is 0 Å². The van der Waals surface area contributed by atoms with Gasteiger partial charge in [-0.05, 0) is 24.3 Å². The summed E-state index contributed by atoms with van der Waals surface area (Å²) in [6.45, 7) is 0. The molecule has 0 radical (unpaired) electrons. The zero-order valence-corrected chi connectivity index (χ0v) is 15.2. The van der Waals surface area contributed by atoms with Crippen molar-refractivity contribution >= 4 is 40.8 Å². The Morgan fingerprint density at radius 1 is 1.15 bits per heavy atom. The van der Waals surface area contributed by atoms with Crippen LogP contribution in [0.25, 0.3) is 0 Å². The molecule has 10 heteroatoms. The molecule has 2 aromatic carbocycles. The lowest BCUT2D eigenvalue weighted by molar-refractivity contribution is -0.385. The average Bonchev–Trinajstić information content (AvgIpc) is 2.58. The van der Waals surface area contributed by atoms with E-state index in [2.05, 4.69) is 10.3 Å². The highest BCUT2D eigenvalue weighted by Crippen LogP contribution is 2.31. The molecule has 0 bridgehead atoms. The van der Waals surface area contributed by atoms with Crippen LogP contribution in [0.3, 0.4) is 0 Å². The van der Waals surface area contributed by atoms with Crippen LogP contribution in [-0.4, -0.2) is 31.0 Å². The van der Waals surface area contributed by atoms with E-state index in [4.69, 9.17) is 32.7 Å². The molecule has 1 N–H and O–H groups in total. The molecule has 2 amide bonds. The van der Waals surface area contributed by atoms with Gasteiger partial charge in [0.1, 0.15) is 17.1 Å². The second kappa shape index (κ2) is 8.50. The maximum atomic E-state index is 11.5. The lowest BCUT2D eigenvalue weighted by Crippen LogP contribution is -2.17. The van der Waals surface area contributed by atoms with Gasteiger partial charge in [0.15, 0.2) is 0 Å². The first-order valence-electron chi connectivity index (χ1n) is 7.11. The van der Waals surface area contributed by atoms with Gasteiger partial charge in [-0.25, -0.2) is 4.79 Å². The van der Waals surface area contributed by atoms with Crippen molar-refractivity contribution in [1.82, 2.24) is 5.32 Å². The third kappa shape index (κ3) is 4.84. The van der Waals surface area contributed by atoms with Crippen LogP contribution in [-0.2, 0) is 4.74 Å². The molecule has 0 fully saturated rings. The van der Waals surface area contributed by atoms with Crippen LogP contribution in [0.4, 0.5) is 10.5 Å². The maximum absolute atomic E-state index is 11.5. The van der Waals surface area contributed by atoms with Crippen molar-refractivity contribution in [3.63, 3.8) is 0 Å². The number of urea groups is 1. The summed E-state index contributed by atoms with van der Waals surface area (Å²) in [6, 6.07) is 7.83. The second-order valence-corrected chi connectivity index (χ2v) is 5.69. The van der Waals surface area contributed by atoms with Gasteiger partial charge in [-0.3, -0.25) is 10.1 Å². The van der Waals surface area contributed by atoms with Crippen LogP contribution in [0.1, 0.15) is 5.56 Å². The predicted octanol–water partition coefficient (Wildman–Crippen LogP) is 4.43. The topological polar surface area (TPSA) is 103 Å². The van der Waals surface area contributed by atoms with Crippen molar-refractivity contribution in [2.75, 3.05) is 14.2 Å². The number of hydrogen-bond acceptors (Lipinski definition) is 5. The van der Waals surface area contributed by atoms with Gasteiger partial charge in [-0.15, -0.1) is 0 Å². The highest BCUT2D eigenvalue weighted by molar-refractivity contribution is 6.34. The Morgan fingerprint density at radius 3 is 2.35 bits per heavy atom. The Balaban J connectivity index is 2.49. The highest BCUT2D eigenvalue weighted by Gasteiger charge is 2.21. The number of nitro benzene ring substituents is 1. The summed E-state index contributed by atoms with van der Waals surface area (Å²) in [5.74, 6) is 0.348. The first-order chi connectivity index (χ1) is 12.3. The summed E-state index contributed by atoms with van der Waals surface area (Å²) in [5.41, 5.74) is -0.322. The van der Waals surface area contributed by atoms with Crippen LogP contribution < -0.4 is 10.1 Å². The molecule has 0 saturated heterocycles. The monoisotopic (exact) mass is 397 g/mol. The number of benzene rings is 2.